The summed E-state index contributed by atoms with van der Waals surface area (Å²) in [6.07, 6.45) is 7.55. The van der Waals surface area contributed by atoms with Gasteiger partial charge in [-0.3, -0.25) is 4.99 Å². The second kappa shape index (κ2) is 9.86. The molecule has 2 N–H and O–H groups in total. The lowest BCUT2D eigenvalue weighted by molar-refractivity contribution is 0.685. The Kier molecular flexibility index (Phi) is 6.75. The Morgan fingerprint density at radius 1 is 1.19 bits per heavy atom. The number of aryl methyl sites for hydroxylation is 1. The zero-order valence-electron chi connectivity index (χ0n) is 18.9. The summed E-state index contributed by atoms with van der Waals surface area (Å²) in [7, 11) is 0. The molecule has 0 aliphatic carbocycles. The summed E-state index contributed by atoms with van der Waals surface area (Å²) in [5.41, 5.74) is 5.90. The van der Waals surface area contributed by atoms with E-state index < -0.39 is 0 Å². The van der Waals surface area contributed by atoms with Crippen LogP contribution in [0.2, 0.25) is 0 Å². The number of hydrogen-bond acceptors (Lipinski definition) is 3. The predicted molar refractivity (Wildman–Crippen MR) is 129 cm³/mol. The molecular formula is C25H34N6. The standard InChI is InChI=1S/C25H34N6/c1-4-26-25(27-13-12-22-18-31-16-8-9-19(2)24(31)29-22)28-20(3)21-10-7-11-23(17-21)30-14-5-6-15-30/h7-11,16-18,20H,4-6,12-15H2,1-3H3,(H2,26,27,28). The van der Waals surface area contributed by atoms with Gasteiger partial charge in [-0.15, -0.1) is 0 Å². The Balaban J connectivity index is 1.40. The number of pyridine rings is 1. The van der Waals surface area contributed by atoms with E-state index in [0.717, 1.165) is 43.4 Å². The first kappa shape index (κ1) is 21.2. The number of nitrogens with zero attached hydrogens (tertiary/aromatic N) is 4. The van der Waals surface area contributed by atoms with E-state index in [0.29, 0.717) is 6.54 Å². The van der Waals surface area contributed by atoms with E-state index in [2.05, 4.69) is 83.3 Å². The first-order chi connectivity index (χ1) is 15.1. The third kappa shape index (κ3) is 5.19. The van der Waals surface area contributed by atoms with E-state index in [1.54, 1.807) is 0 Å². The smallest absolute Gasteiger partial charge is 0.191 e. The van der Waals surface area contributed by atoms with Crippen molar-refractivity contribution < 1.29 is 0 Å². The van der Waals surface area contributed by atoms with Gasteiger partial charge in [-0.25, -0.2) is 4.98 Å². The highest BCUT2D eigenvalue weighted by atomic mass is 15.2. The van der Waals surface area contributed by atoms with E-state index in [1.165, 1.54) is 29.7 Å². The molecule has 1 saturated heterocycles. The van der Waals surface area contributed by atoms with Gasteiger partial charge in [0.05, 0.1) is 11.7 Å². The van der Waals surface area contributed by atoms with Gasteiger partial charge in [-0.05, 0) is 62.9 Å². The fourth-order valence-electron chi connectivity index (χ4n) is 4.18. The van der Waals surface area contributed by atoms with Gasteiger partial charge in [0.2, 0.25) is 0 Å². The van der Waals surface area contributed by atoms with Crippen LogP contribution in [-0.2, 0) is 6.42 Å². The zero-order valence-corrected chi connectivity index (χ0v) is 18.9. The molecule has 2 aromatic heterocycles. The number of fused-ring (bicyclic) bond motifs is 1. The topological polar surface area (TPSA) is 57.0 Å². The number of aliphatic imine (C=N–C) groups is 1. The molecule has 0 spiro atoms. The van der Waals surface area contributed by atoms with Crippen molar-refractivity contribution in [2.24, 2.45) is 4.99 Å². The van der Waals surface area contributed by atoms with Crippen molar-refractivity contribution in [3.05, 3.63) is 65.6 Å². The molecule has 0 saturated carbocycles. The van der Waals surface area contributed by atoms with Gasteiger partial charge >= 0.3 is 0 Å². The highest BCUT2D eigenvalue weighted by Gasteiger charge is 2.14. The van der Waals surface area contributed by atoms with Crippen LogP contribution in [0.15, 0.2) is 53.8 Å². The van der Waals surface area contributed by atoms with Crippen LogP contribution < -0.4 is 15.5 Å². The van der Waals surface area contributed by atoms with Gasteiger partial charge in [-0.2, -0.15) is 0 Å². The Bertz CT molecular complexity index is 1030. The SMILES string of the molecule is CCNC(=NCCc1cn2cccc(C)c2n1)NC(C)c1cccc(N2CCCC2)c1. The highest BCUT2D eigenvalue weighted by molar-refractivity contribution is 5.80. The Hall–Kier alpha value is -3.02. The number of rotatable bonds is 7. The average Bonchev–Trinajstić information content (AvgIpc) is 3.45. The molecular weight excluding hydrogens is 384 g/mol. The lowest BCUT2D eigenvalue weighted by Crippen LogP contribution is -2.39. The number of nitrogens with one attached hydrogen (secondary N) is 2. The van der Waals surface area contributed by atoms with Gasteiger partial charge in [0, 0.05) is 50.7 Å². The molecule has 31 heavy (non-hydrogen) atoms. The molecule has 6 nitrogen and oxygen atoms in total. The molecule has 1 aliphatic rings. The molecule has 1 aliphatic heterocycles. The first-order valence-electron chi connectivity index (χ1n) is 11.5. The van der Waals surface area contributed by atoms with E-state index in [1.807, 2.05) is 6.20 Å². The maximum absolute atomic E-state index is 4.80. The molecule has 3 heterocycles. The summed E-state index contributed by atoms with van der Waals surface area (Å²) < 4.78 is 2.09. The average molecular weight is 419 g/mol. The minimum absolute atomic E-state index is 0.179. The summed E-state index contributed by atoms with van der Waals surface area (Å²) in [6.45, 7) is 10.2. The Morgan fingerprint density at radius 2 is 2.03 bits per heavy atom. The third-order valence-electron chi connectivity index (χ3n) is 5.90. The highest BCUT2D eigenvalue weighted by Crippen LogP contribution is 2.24. The molecule has 6 heteroatoms. The van der Waals surface area contributed by atoms with Gasteiger partial charge in [-0.1, -0.05) is 18.2 Å². The van der Waals surface area contributed by atoms with Crippen molar-refractivity contribution in [2.45, 2.75) is 46.1 Å². The van der Waals surface area contributed by atoms with E-state index in [-0.39, 0.29) is 6.04 Å². The molecule has 164 valence electrons. The van der Waals surface area contributed by atoms with E-state index in [4.69, 9.17) is 9.98 Å². The minimum atomic E-state index is 0.179. The van der Waals surface area contributed by atoms with Crippen molar-refractivity contribution >= 4 is 17.3 Å². The van der Waals surface area contributed by atoms with Crippen LogP contribution >= 0.6 is 0 Å². The van der Waals surface area contributed by atoms with Gasteiger partial charge in [0.1, 0.15) is 5.65 Å². The quantitative estimate of drug-likeness (QED) is 0.448. The summed E-state index contributed by atoms with van der Waals surface area (Å²) >= 11 is 0. The van der Waals surface area contributed by atoms with Crippen LogP contribution in [0.5, 0.6) is 0 Å². The van der Waals surface area contributed by atoms with E-state index in [9.17, 15) is 0 Å². The predicted octanol–water partition coefficient (Wildman–Crippen LogP) is 4.10. The maximum Gasteiger partial charge on any atom is 0.191 e. The van der Waals surface area contributed by atoms with Gasteiger partial charge in [0.15, 0.2) is 5.96 Å². The fourth-order valence-corrected chi connectivity index (χ4v) is 4.18. The van der Waals surface area contributed by atoms with Crippen LogP contribution in [-0.4, -0.2) is 41.5 Å². The monoisotopic (exact) mass is 418 g/mol. The molecule has 0 amide bonds. The molecule has 1 unspecified atom stereocenters. The molecule has 1 fully saturated rings. The van der Waals surface area contributed by atoms with Crippen molar-refractivity contribution in [1.82, 2.24) is 20.0 Å². The Morgan fingerprint density at radius 3 is 2.81 bits per heavy atom. The lowest BCUT2D eigenvalue weighted by atomic mass is 10.1. The first-order valence-corrected chi connectivity index (χ1v) is 11.5. The molecule has 1 atom stereocenters. The fraction of sp³-hybridized carbons (Fsp3) is 0.440. The van der Waals surface area contributed by atoms with Crippen LogP contribution in [0, 0.1) is 6.92 Å². The zero-order chi connectivity index (χ0) is 21.6. The number of hydrogen-bond donors (Lipinski definition) is 2. The molecule has 3 aromatic rings. The summed E-state index contributed by atoms with van der Waals surface area (Å²) in [5.74, 6) is 0.849. The van der Waals surface area contributed by atoms with Crippen molar-refractivity contribution in [3.63, 3.8) is 0 Å². The molecule has 4 rings (SSSR count). The van der Waals surface area contributed by atoms with E-state index >= 15 is 0 Å². The molecule has 0 radical (unpaired) electrons. The molecule has 1 aromatic carbocycles. The summed E-state index contributed by atoms with van der Waals surface area (Å²) in [5, 5.41) is 6.95. The largest absolute Gasteiger partial charge is 0.372 e. The molecule has 0 bridgehead atoms. The van der Waals surface area contributed by atoms with Crippen molar-refractivity contribution in [1.29, 1.82) is 0 Å². The van der Waals surface area contributed by atoms with Crippen molar-refractivity contribution in [2.75, 3.05) is 31.1 Å². The van der Waals surface area contributed by atoms with Crippen LogP contribution in [0.4, 0.5) is 5.69 Å². The third-order valence-corrected chi connectivity index (χ3v) is 5.90. The second-order valence-corrected chi connectivity index (χ2v) is 8.32. The van der Waals surface area contributed by atoms with Crippen LogP contribution in [0.25, 0.3) is 5.65 Å². The van der Waals surface area contributed by atoms with Crippen LogP contribution in [0.3, 0.4) is 0 Å². The number of anilines is 1. The summed E-state index contributed by atoms with van der Waals surface area (Å²) in [4.78, 5) is 12.0. The number of benzene rings is 1. The van der Waals surface area contributed by atoms with Crippen molar-refractivity contribution in [3.8, 4) is 0 Å². The maximum atomic E-state index is 4.80. The Labute approximate surface area is 185 Å². The second-order valence-electron chi connectivity index (χ2n) is 8.32. The summed E-state index contributed by atoms with van der Waals surface area (Å²) in [6, 6.07) is 13.2. The lowest BCUT2D eigenvalue weighted by Gasteiger charge is -2.22. The van der Waals surface area contributed by atoms with Crippen LogP contribution in [0.1, 0.15) is 49.6 Å². The minimum Gasteiger partial charge on any atom is -0.372 e. The normalized spacial score (nSPS) is 15.5. The number of guanidine groups is 1. The van der Waals surface area contributed by atoms with Gasteiger partial charge < -0.3 is 19.9 Å². The number of aromatic nitrogens is 2. The number of imidazole rings is 1. The van der Waals surface area contributed by atoms with Gasteiger partial charge in [0.25, 0.3) is 0 Å².